The molecule has 1 aliphatic heterocycles. The maximum Gasteiger partial charge on any atom is 0.337 e. The minimum absolute atomic E-state index is 0.142. The van der Waals surface area contributed by atoms with E-state index in [1.807, 2.05) is 12.1 Å². The molecule has 0 saturated carbocycles. The van der Waals surface area contributed by atoms with Gasteiger partial charge in [-0.05, 0) is 37.0 Å². The van der Waals surface area contributed by atoms with Crippen LogP contribution >= 0.6 is 11.6 Å². The van der Waals surface area contributed by atoms with Crippen molar-refractivity contribution < 1.29 is 15.0 Å². The molecule has 0 aromatic heterocycles. The smallest absolute Gasteiger partial charge is 0.337 e. The summed E-state index contributed by atoms with van der Waals surface area (Å²) in [5, 5.41) is 21.9. The summed E-state index contributed by atoms with van der Waals surface area (Å²) in [6.45, 7) is 4.30. The number of carboxylic acids is 1. The van der Waals surface area contributed by atoms with E-state index in [1.54, 1.807) is 6.07 Å². The number of nitrogens with one attached hydrogen (secondary N) is 1. The number of anilines is 2. The molecule has 1 aromatic rings. The predicted molar refractivity (Wildman–Crippen MR) is 89.2 cm³/mol. The van der Waals surface area contributed by atoms with Gasteiger partial charge in [0.05, 0.1) is 23.2 Å². The van der Waals surface area contributed by atoms with Gasteiger partial charge in [0.25, 0.3) is 0 Å². The molecule has 0 spiro atoms. The average Bonchev–Trinajstić information content (AvgIpc) is 2.53. The van der Waals surface area contributed by atoms with Crippen LogP contribution in [0.1, 0.15) is 30.1 Å². The number of aromatic carboxylic acids is 1. The summed E-state index contributed by atoms with van der Waals surface area (Å²) in [4.78, 5) is 13.7. The summed E-state index contributed by atoms with van der Waals surface area (Å²) >= 11 is 5.55. The molecule has 1 aromatic carbocycles. The Hall–Kier alpha value is -1.46. The summed E-state index contributed by atoms with van der Waals surface area (Å²) < 4.78 is 0. The summed E-state index contributed by atoms with van der Waals surface area (Å²) in [6, 6.07) is 5.31. The van der Waals surface area contributed by atoms with Gasteiger partial charge in [-0.1, -0.05) is 6.92 Å². The van der Waals surface area contributed by atoms with Gasteiger partial charge in [-0.15, -0.1) is 11.6 Å². The summed E-state index contributed by atoms with van der Waals surface area (Å²) in [5.74, 6) is -0.0966. The molecule has 0 amide bonds. The third kappa shape index (κ3) is 4.27. The summed E-state index contributed by atoms with van der Waals surface area (Å²) in [7, 11) is 0. The highest BCUT2D eigenvalue weighted by molar-refractivity contribution is 6.18. The first-order valence-corrected chi connectivity index (χ1v) is 8.15. The van der Waals surface area contributed by atoms with Crippen molar-refractivity contribution in [3.63, 3.8) is 0 Å². The minimum atomic E-state index is -0.935. The molecule has 0 bridgehead atoms. The van der Waals surface area contributed by atoms with E-state index in [0.717, 1.165) is 31.6 Å². The predicted octanol–water partition coefficient (Wildman–Crippen LogP) is 2.63. The van der Waals surface area contributed by atoms with Gasteiger partial charge < -0.3 is 20.4 Å². The second kappa shape index (κ2) is 7.70. The lowest BCUT2D eigenvalue weighted by Crippen LogP contribution is -2.33. The van der Waals surface area contributed by atoms with Gasteiger partial charge in [-0.2, -0.15) is 0 Å². The van der Waals surface area contributed by atoms with Crippen molar-refractivity contribution in [1.82, 2.24) is 0 Å². The Bertz CT molecular complexity index is 516. The van der Waals surface area contributed by atoms with Crippen LogP contribution < -0.4 is 10.2 Å². The van der Waals surface area contributed by atoms with E-state index in [4.69, 9.17) is 11.6 Å². The molecule has 1 atom stereocenters. The van der Waals surface area contributed by atoms with E-state index in [0.29, 0.717) is 23.7 Å². The maximum absolute atomic E-state index is 11.6. The largest absolute Gasteiger partial charge is 0.478 e. The first-order chi connectivity index (χ1) is 10.5. The third-order valence-corrected chi connectivity index (χ3v) is 4.43. The number of carbonyl (C=O) groups is 1. The van der Waals surface area contributed by atoms with Gasteiger partial charge in [-0.3, -0.25) is 0 Å². The van der Waals surface area contributed by atoms with Crippen LogP contribution in [0.4, 0.5) is 11.4 Å². The topological polar surface area (TPSA) is 72.8 Å². The molecular weight excluding hydrogens is 304 g/mol. The Morgan fingerprint density at radius 1 is 1.45 bits per heavy atom. The summed E-state index contributed by atoms with van der Waals surface area (Å²) in [5.41, 5.74) is 1.73. The van der Waals surface area contributed by atoms with Crippen LogP contribution in [0, 0.1) is 5.92 Å². The molecule has 122 valence electrons. The standard InChI is InChI=1S/C16H23ClN2O3/c1-11-4-6-19(7-5-11)15-3-2-12(8-14(15)16(21)22)18-10-13(20)9-17/h2-3,8,11,13,18,20H,4-7,9-10H2,1H3,(H,21,22). The van der Waals surface area contributed by atoms with Gasteiger partial charge in [0.1, 0.15) is 0 Å². The highest BCUT2D eigenvalue weighted by atomic mass is 35.5. The SMILES string of the molecule is CC1CCN(c2ccc(NCC(O)CCl)cc2C(=O)O)CC1. The normalized spacial score (nSPS) is 17.3. The number of aliphatic hydroxyl groups excluding tert-OH is 1. The summed E-state index contributed by atoms with van der Waals surface area (Å²) in [6.07, 6.45) is 1.51. The van der Waals surface area contributed by atoms with E-state index in [-0.39, 0.29) is 5.88 Å². The van der Waals surface area contributed by atoms with Gasteiger partial charge in [0.2, 0.25) is 0 Å². The molecule has 1 unspecified atom stereocenters. The lowest BCUT2D eigenvalue weighted by molar-refractivity contribution is 0.0697. The number of benzene rings is 1. The minimum Gasteiger partial charge on any atom is -0.478 e. The van der Waals surface area contributed by atoms with E-state index in [1.165, 1.54) is 0 Å². The lowest BCUT2D eigenvalue weighted by Gasteiger charge is -2.33. The molecule has 1 aliphatic rings. The van der Waals surface area contributed by atoms with Crippen LogP contribution in [0.25, 0.3) is 0 Å². The van der Waals surface area contributed by atoms with Crippen LogP contribution in [0.2, 0.25) is 0 Å². The van der Waals surface area contributed by atoms with Crippen molar-refractivity contribution in [3.8, 4) is 0 Å². The van der Waals surface area contributed by atoms with Crippen molar-refractivity contribution >= 4 is 28.9 Å². The van der Waals surface area contributed by atoms with Crippen molar-refractivity contribution in [2.75, 3.05) is 35.7 Å². The van der Waals surface area contributed by atoms with E-state index in [2.05, 4.69) is 17.1 Å². The van der Waals surface area contributed by atoms with Gasteiger partial charge in [-0.25, -0.2) is 4.79 Å². The van der Waals surface area contributed by atoms with E-state index in [9.17, 15) is 15.0 Å². The fourth-order valence-electron chi connectivity index (χ4n) is 2.63. The van der Waals surface area contributed by atoms with Gasteiger partial charge >= 0.3 is 5.97 Å². The number of nitrogens with zero attached hydrogens (tertiary/aromatic N) is 1. The number of aliphatic hydroxyl groups is 1. The first-order valence-electron chi connectivity index (χ1n) is 7.61. The molecule has 5 nitrogen and oxygen atoms in total. The zero-order valence-electron chi connectivity index (χ0n) is 12.8. The van der Waals surface area contributed by atoms with Crippen LogP contribution in [0.3, 0.4) is 0 Å². The molecule has 1 heterocycles. The Kier molecular flexibility index (Phi) is 5.91. The number of hydrogen-bond donors (Lipinski definition) is 3. The number of halogens is 1. The molecule has 2 rings (SSSR count). The Balaban J connectivity index is 2.15. The molecule has 1 saturated heterocycles. The maximum atomic E-state index is 11.6. The zero-order valence-corrected chi connectivity index (χ0v) is 13.5. The van der Waals surface area contributed by atoms with Crippen LogP contribution in [-0.2, 0) is 0 Å². The number of hydrogen-bond acceptors (Lipinski definition) is 4. The molecule has 0 aliphatic carbocycles. The second-order valence-corrected chi connectivity index (χ2v) is 6.20. The van der Waals surface area contributed by atoms with E-state index >= 15 is 0 Å². The molecule has 3 N–H and O–H groups in total. The monoisotopic (exact) mass is 326 g/mol. The lowest BCUT2D eigenvalue weighted by atomic mass is 9.98. The van der Waals surface area contributed by atoms with E-state index < -0.39 is 12.1 Å². The fourth-order valence-corrected chi connectivity index (χ4v) is 2.74. The fraction of sp³-hybridized carbons (Fsp3) is 0.562. The van der Waals surface area contributed by atoms with Crippen molar-refractivity contribution in [3.05, 3.63) is 23.8 Å². The molecule has 1 fully saturated rings. The molecule has 22 heavy (non-hydrogen) atoms. The van der Waals surface area contributed by atoms with Crippen LogP contribution in [0.5, 0.6) is 0 Å². The number of alkyl halides is 1. The van der Waals surface area contributed by atoms with Gasteiger partial charge in [0, 0.05) is 25.3 Å². The van der Waals surface area contributed by atoms with Crippen LogP contribution in [-0.4, -0.2) is 47.8 Å². The molecule has 6 heteroatoms. The van der Waals surface area contributed by atoms with Gasteiger partial charge in [0.15, 0.2) is 0 Å². The number of piperidine rings is 1. The Morgan fingerprint density at radius 3 is 2.73 bits per heavy atom. The molecular formula is C16H23ClN2O3. The molecule has 0 radical (unpaired) electrons. The van der Waals surface area contributed by atoms with Crippen LogP contribution in [0.15, 0.2) is 18.2 Å². The Morgan fingerprint density at radius 2 is 2.14 bits per heavy atom. The van der Waals surface area contributed by atoms with Crippen molar-refractivity contribution in [1.29, 1.82) is 0 Å². The van der Waals surface area contributed by atoms with Crippen molar-refractivity contribution in [2.24, 2.45) is 5.92 Å². The second-order valence-electron chi connectivity index (χ2n) is 5.90. The number of carboxylic acid groups (broad SMARTS) is 1. The highest BCUT2D eigenvalue weighted by Crippen LogP contribution is 2.28. The highest BCUT2D eigenvalue weighted by Gasteiger charge is 2.21. The third-order valence-electron chi connectivity index (χ3n) is 4.07. The van der Waals surface area contributed by atoms with Crippen molar-refractivity contribution in [2.45, 2.75) is 25.9 Å². The first kappa shape index (κ1) is 16.9. The average molecular weight is 327 g/mol. The Labute approximate surface area is 135 Å². The number of rotatable bonds is 6. The zero-order chi connectivity index (χ0) is 16.1. The quantitative estimate of drug-likeness (QED) is 0.701.